The van der Waals surface area contributed by atoms with E-state index in [1.807, 2.05) is 6.07 Å². The lowest BCUT2D eigenvalue weighted by Crippen LogP contribution is -2.41. The molecule has 1 aromatic rings. The van der Waals surface area contributed by atoms with Crippen LogP contribution in [-0.4, -0.2) is 58.0 Å². The van der Waals surface area contributed by atoms with Gasteiger partial charge < -0.3 is 25.6 Å². The largest absolute Gasteiger partial charge is 0.388 e. The van der Waals surface area contributed by atoms with Crippen molar-refractivity contribution in [2.75, 3.05) is 6.54 Å². The first-order valence-corrected chi connectivity index (χ1v) is 9.49. The van der Waals surface area contributed by atoms with Gasteiger partial charge in [-0.25, -0.2) is 0 Å². The Kier molecular flexibility index (Phi) is 6.76. The summed E-state index contributed by atoms with van der Waals surface area (Å²) in [4.78, 5) is 28.2. The van der Waals surface area contributed by atoms with Gasteiger partial charge in [-0.2, -0.15) is 0 Å². The molecule has 2 fully saturated rings. The number of ether oxygens (including phenoxy) is 1. The van der Waals surface area contributed by atoms with Gasteiger partial charge in [-0.3, -0.25) is 14.6 Å². The lowest BCUT2D eigenvalue weighted by Gasteiger charge is -2.17. The fourth-order valence-electron chi connectivity index (χ4n) is 3.65. The number of aliphatic hydroxyl groups is 2. The summed E-state index contributed by atoms with van der Waals surface area (Å²) < 4.78 is 5.63. The molecule has 8 nitrogen and oxygen atoms in total. The van der Waals surface area contributed by atoms with Crippen molar-refractivity contribution in [3.8, 4) is 0 Å². The van der Waals surface area contributed by atoms with Crippen molar-refractivity contribution in [1.82, 2.24) is 15.6 Å². The van der Waals surface area contributed by atoms with Crippen LogP contribution in [0.2, 0.25) is 0 Å². The van der Waals surface area contributed by atoms with E-state index in [9.17, 15) is 19.8 Å². The Morgan fingerprint density at radius 1 is 1.15 bits per heavy atom. The number of aromatic nitrogens is 1. The van der Waals surface area contributed by atoms with Crippen LogP contribution < -0.4 is 10.6 Å². The number of pyridine rings is 1. The Labute approximate surface area is 158 Å². The van der Waals surface area contributed by atoms with E-state index in [0.29, 0.717) is 6.54 Å². The maximum Gasteiger partial charge on any atom is 0.223 e. The first-order valence-electron chi connectivity index (χ1n) is 9.49. The molecule has 0 aromatic carbocycles. The summed E-state index contributed by atoms with van der Waals surface area (Å²) in [6.07, 6.45) is 3.34. The minimum Gasteiger partial charge on any atom is -0.388 e. The summed E-state index contributed by atoms with van der Waals surface area (Å²) in [6, 6.07) is 3.63. The van der Waals surface area contributed by atoms with Gasteiger partial charge in [0.25, 0.3) is 0 Å². The average Bonchev–Trinajstić information content (AvgIpc) is 3.30. The van der Waals surface area contributed by atoms with E-state index < -0.39 is 24.4 Å². The number of nitrogens with one attached hydrogen (secondary N) is 2. The third kappa shape index (κ3) is 5.24. The smallest absolute Gasteiger partial charge is 0.223 e. The zero-order valence-corrected chi connectivity index (χ0v) is 15.2. The van der Waals surface area contributed by atoms with Crippen LogP contribution in [0.4, 0.5) is 0 Å². The highest BCUT2D eigenvalue weighted by molar-refractivity contribution is 5.79. The van der Waals surface area contributed by atoms with E-state index in [2.05, 4.69) is 15.6 Å². The molecule has 1 aliphatic heterocycles. The average molecular weight is 377 g/mol. The predicted octanol–water partition coefficient (Wildman–Crippen LogP) is -0.116. The number of aliphatic hydroxyl groups excluding tert-OH is 2. The molecule has 1 aromatic heterocycles. The molecule has 0 bridgehead atoms. The molecule has 2 heterocycles. The predicted molar refractivity (Wildman–Crippen MR) is 96.3 cm³/mol. The van der Waals surface area contributed by atoms with Crippen LogP contribution in [-0.2, 0) is 20.9 Å². The number of nitrogens with zero attached hydrogens (tertiary/aromatic N) is 1. The molecular weight excluding hydrogens is 350 g/mol. The van der Waals surface area contributed by atoms with E-state index in [1.54, 1.807) is 18.5 Å². The van der Waals surface area contributed by atoms with Crippen molar-refractivity contribution in [1.29, 1.82) is 0 Å². The zero-order chi connectivity index (χ0) is 19.2. The minimum absolute atomic E-state index is 0.0301. The van der Waals surface area contributed by atoms with Gasteiger partial charge in [-0.15, -0.1) is 0 Å². The van der Waals surface area contributed by atoms with E-state index in [1.165, 1.54) is 0 Å². The summed E-state index contributed by atoms with van der Waals surface area (Å²) in [7, 11) is 0. The molecule has 0 radical (unpaired) electrons. The van der Waals surface area contributed by atoms with Gasteiger partial charge in [-0.05, 0) is 24.5 Å². The quantitative estimate of drug-likeness (QED) is 0.526. The molecular formula is C19H27N3O5. The third-order valence-corrected chi connectivity index (χ3v) is 5.26. The second-order valence-electron chi connectivity index (χ2n) is 7.26. The fourth-order valence-corrected chi connectivity index (χ4v) is 3.65. The second-order valence-corrected chi connectivity index (χ2v) is 7.26. The monoisotopic (exact) mass is 377 g/mol. The van der Waals surface area contributed by atoms with Crippen molar-refractivity contribution in [2.45, 2.75) is 63.1 Å². The number of hydrogen-bond donors (Lipinski definition) is 4. The summed E-state index contributed by atoms with van der Waals surface area (Å²) in [5, 5.41) is 25.9. The van der Waals surface area contributed by atoms with Crippen LogP contribution in [0, 0.1) is 5.92 Å². The maximum absolute atomic E-state index is 12.1. The van der Waals surface area contributed by atoms with E-state index in [4.69, 9.17) is 4.74 Å². The summed E-state index contributed by atoms with van der Waals surface area (Å²) in [5.41, 5.74) is 0.867. The fraction of sp³-hybridized carbons (Fsp3) is 0.632. The molecule has 0 spiro atoms. The summed E-state index contributed by atoms with van der Waals surface area (Å²) in [5.74, 6) is -0.288. The molecule has 8 heteroatoms. The molecule has 4 atom stereocenters. The maximum atomic E-state index is 12.1. The highest BCUT2D eigenvalue weighted by Crippen LogP contribution is 2.26. The van der Waals surface area contributed by atoms with Crippen LogP contribution >= 0.6 is 0 Å². The highest BCUT2D eigenvalue weighted by Gasteiger charge is 2.43. The molecule has 1 saturated carbocycles. The number of hydrogen-bond acceptors (Lipinski definition) is 6. The molecule has 3 rings (SSSR count). The number of carbonyl (C=O) groups is 2. The molecule has 0 unspecified atom stereocenters. The Morgan fingerprint density at radius 3 is 2.59 bits per heavy atom. The number of amides is 2. The van der Waals surface area contributed by atoms with Gasteiger partial charge in [0, 0.05) is 31.4 Å². The second kappa shape index (κ2) is 9.25. The van der Waals surface area contributed by atoms with E-state index in [-0.39, 0.29) is 30.7 Å². The highest BCUT2D eigenvalue weighted by atomic mass is 16.5. The number of rotatable bonds is 7. The van der Waals surface area contributed by atoms with Crippen LogP contribution in [0.15, 0.2) is 24.5 Å². The van der Waals surface area contributed by atoms with Gasteiger partial charge >= 0.3 is 0 Å². The third-order valence-electron chi connectivity index (χ3n) is 5.26. The topological polar surface area (TPSA) is 121 Å². The van der Waals surface area contributed by atoms with Crippen LogP contribution in [0.3, 0.4) is 0 Å². The molecule has 148 valence electrons. The Hall–Kier alpha value is -2.03. The van der Waals surface area contributed by atoms with Gasteiger partial charge in [-0.1, -0.05) is 18.9 Å². The van der Waals surface area contributed by atoms with Gasteiger partial charge in [0.05, 0.1) is 12.5 Å². The lowest BCUT2D eigenvalue weighted by molar-refractivity contribution is -0.127. The number of carbonyl (C=O) groups excluding carboxylic acids is 2. The van der Waals surface area contributed by atoms with Crippen LogP contribution in [0.25, 0.3) is 0 Å². The lowest BCUT2D eigenvalue weighted by atomic mass is 10.0. The van der Waals surface area contributed by atoms with E-state index in [0.717, 1.165) is 31.2 Å². The first-order chi connectivity index (χ1) is 13.0. The minimum atomic E-state index is -1.16. The van der Waals surface area contributed by atoms with Gasteiger partial charge in [0.15, 0.2) is 0 Å². The summed E-state index contributed by atoms with van der Waals surface area (Å²) in [6.45, 7) is 0.459. The normalized spacial score (nSPS) is 28.2. The van der Waals surface area contributed by atoms with Gasteiger partial charge in [0.2, 0.25) is 11.8 Å². The molecule has 4 N–H and O–H groups in total. The molecule has 2 aliphatic rings. The van der Waals surface area contributed by atoms with E-state index >= 15 is 0 Å². The molecule has 27 heavy (non-hydrogen) atoms. The first kappa shape index (κ1) is 19.7. The standard InChI is InChI=1S/C19H27N3O5/c23-16(21-10-12-4-3-7-20-9-12)8-14-17(24)18(25)15(27-14)11-22-19(26)13-5-1-2-6-13/h3-4,7,9,13-15,17-18,24-25H,1-2,5-6,8,10-11H2,(H,21,23)(H,22,26)/t14-,15-,17+,18-/m1/s1. The van der Waals surface area contributed by atoms with Crippen molar-refractivity contribution in [3.05, 3.63) is 30.1 Å². The van der Waals surface area contributed by atoms with Crippen molar-refractivity contribution in [2.24, 2.45) is 5.92 Å². The van der Waals surface area contributed by atoms with Gasteiger partial charge in [0.1, 0.15) is 18.3 Å². The Bertz CT molecular complexity index is 635. The molecule has 2 amide bonds. The summed E-state index contributed by atoms with van der Waals surface area (Å²) >= 11 is 0. The Balaban J connectivity index is 1.43. The van der Waals surface area contributed by atoms with Crippen LogP contribution in [0.5, 0.6) is 0 Å². The van der Waals surface area contributed by atoms with Crippen molar-refractivity contribution < 1.29 is 24.5 Å². The molecule has 1 aliphatic carbocycles. The van der Waals surface area contributed by atoms with Crippen molar-refractivity contribution >= 4 is 11.8 Å². The SMILES string of the molecule is O=C(C[C@H]1O[C@H](CNC(=O)C2CCCC2)[C@@H](O)[C@H]1O)NCc1cccnc1. The molecule has 1 saturated heterocycles. The van der Waals surface area contributed by atoms with Crippen molar-refractivity contribution in [3.63, 3.8) is 0 Å². The Morgan fingerprint density at radius 2 is 1.89 bits per heavy atom. The van der Waals surface area contributed by atoms with Crippen LogP contribution in [0.1, 0.15) is 37.7 Å². The zero-order valence-electron chi connectivity index (χ0n) is 15.2.